The summed E-state index contributed by atoms with van der Waals surface area (Å²) in [5.41, 5.74) is 9.01. The van der Waals surface area contributed by atoms with Crippen LogP contribution in [0.25, 0.3) is 21.3 Å². The van der Waals surface area contributed by atoms with Crippen LogP contribution in [0.4, 0.5) is 5.82 Å². The molecule has 6 heteroatoms. The fourth-order valence-electron chi connectivity index (χ4n) is 3.23. The molecule has 1 aliphatic heterocycles. The lowest BCUT2D eigenvalue weighted by Crippen LogP contribution is -2.27. The Bertz CT molecular complexity index is 903. The molecule has 1 aliphatic rings. The molecule has 0 saturated carbocycles. The number of rotatable bonds is 3. The Balaban J connectivity index is 1.81. The van der Waals surface area contributed by atoms with E-state index in [2.05, 4.69) is 51.4 Å². The lowest BCUT2D eigenvalue weighted by Gasteiger charge is -2.18. The lowest BCUT2D eigenvalue weighted by atomic mass is 10.0. The van der Waals surface area contributed by atoms with Crippen molar-refractivity contribution in [1.29, 1.82) is 0 Å². The molecule has 3 heterocycles. The second kappa shape index (κ2) is 5.87. The number of aromatic nitrogens is 2. The Hall–Kier alpha value is -2.47. The minimum atomic E-state index is -0.230. The first-order valence-corrected chi connectivity index (χ1v) is 8.85. The maximum absolute atomic E-state index is 11.5. The van der Waals surface area contributed by atoms with E-state index < -0.39 is 0 Å². The molecular weight excluding hydrogens is 320 g/mol. The molecule has 24 heavy (non-hydrogen) atoms. The summed E-state index contributed by atoms with van der Waals surface area (Å²) >= 11 is 1.62. The third kappa shape index (κ3) is 2.53. The number of amides is 1. The molecule has 0 spiro atoms. The number of primary amides is 1. The summed E-state index contributed by atoms with van der Waals surface area (Å²) in [4.78, 5) is 23.6. The van der Waals surface area contributed by atoms with Gasteiger partial charge in [-0.1, -0.05) is 29.8 Å². The van der Waals surface area contributed by atoms with E-state index in [1.807, 2.05) is 0 Å². The average molecular weight is 338 g/mol. The third-order valence-electron chi connectivity index (χ3n) is 4.60. The van der Waals surface area contributed by atoms with E-state index in [0.29, 0.717) is 6.54 Å². The van der Waals surface area contributed by atoms with Crippen molar-refractivity contribution in [2.24, 2.45) is 11.7 Å². The molecule has 1 amide bonds. The van der Waals surface area contributed by atoms with E-state index in [0.717, 1.165) is 40.1 Å². The predicted octanol–water partition coefficient (Wildman–Crippen LogP) is 2.98. The van der Waals surface area contributed by atoms with Crippen LogP contribution in [0.15, 0.2) is 36.0 Å². The van der Waals surface area contributed by atoms with Gasteiger partial charge in [-0.05, 0) is 18.9 Å². The second-order valence-corrected chi connectivity index (χ2v) is 7.08. The van der Waals surface area contributed by atoms with Crippen molar-refractivity contribution >= 4 is 33.3 Å². The molecule has 0 aliphatic carbocycles. The van der Waals surface area contributed by atoms with Crippen LogP contribution in [0, 0.1) is 12.8 Å². The van der Waals surface area contributed by atoms with Crippen molar-refractivity contribution in [3.63, 3.8) is 0 Å². The van der Waals surface area contributed by atoms with E-state index in [1.165, 1.54) is 5.56 Å². The maximum Gasteiger partial charge on any atom is 0.222 e. The molecule has 1 saturated heterocycles. The van der Waals surface area contributed by atoms with Crippen LogP contribution >= 0.6 is 11.3 Å². The molecule has 0 radical (unpaired) electrons. The van der Waals surface area contributed by atoms with Crippen LogP contribution in [-0.4, -0.2) is 29.0 Å². The summed E-state index contributed by atoms with van der Waals surface area (Å²) in [6.45, 7) is 3.51. The van der Waals surface area contributed by atoms with Gasteiger partial charge in [0.05, 0.1) is 11.3 Å². The summed E-state index contributed by atoms with van der Waals surface area (Å²) in [5.74, 6) is 0.573. The predicted molar refractivity (Wildman–Crippen MR) is 97.1 cm³/mol. The Morgan fingerprint density at radius 1 is 1.29 bits per heavy atom. The van der Waals surface area contributed by atoms with Crippen LogP contribution in [0.3, 0.4) is 0 Å². The highest BCUT2D eigenvalue weighted by Crippen LogP contribution is 2.39. The number of nitrogens with zero attached hydrogens (tertiary/aromatic N) is 3. The van der Waals surface area contributed by atoms with Gasteiger partial charge in [0, 0.05) is 24.0 Å². The summed E-state index contributed by atoms with van der Waals surface area (Å²) in [5, 5.41) is 3.20. The highest BCUT2D eigenvalue weighted by atomic mass is 32.1. The molecule has 1 aromatic carbocycles. The molecule has 122 valence electrons. The van der Waals surface area contributed by atoms with Crippen molar-refractivity contribution in [3.8, 4) is 11.1 Å². The standard InChI is InChI=1S/C18H18N4OS/c1-11-2-4-12(5-3-11)14-9-24-18-15(14)17(20-10-21-18)22-7-6-13(8-22)16(19)23/h2-5,9-10,13H,6-8H2,1H3,(H2,19,23)/t13-/m0/s1. The van der Waals surface area contributed by atoms with Gasteiger partial charge in [0.25, 0.3) is 0 Å². The van der Waals surface area contributed by atoms with Gasteiger partial charge in [-0.15, -0.1) is 11.3 Å². The number of hydrogen-bond donors (Lipinski definition) is 1. The molecule has 0 unspecified atom stereocenters. The first-order chi connectivity index (χ1) is 11.6. The molecule has 2 N–H and O–H groups in total. The Kier molecular flexibility index (Phi) is 3.69. The maximum atomic E-state index is 11.5. The number of carbonyl (C=O) groups is 1. The minimum Gasteiger partial charge on any atom is -0.369 e. The number of hydrogen-bond acceptors (Lipinski definition) is 5. The monoisotopic (exact) mass is 338 g/mol. The number of aryl methyl sites for hydroxylation is 1. The van der Waals surface area contributed by atoms with Gasteiger partial charge in [0.15, 0.2) is 0 Å². The quantitative estimate of drug-likeness (QED) is 0.797. The first-order valence-electron chi connectivity index (χ1n) is 7.97. The van der Waals surface area contributed by atoms with Gasteiger partial charge in [-0.2, -0.15) is 0 Å². The molecule has 4 rings (SSSR count). The number of carbonyl (C=O) groups excluding carboxylic acids is 1. The molecule has 1 atom stereocenters. The van der Waals surface area contributed by atoms with Crippen molar-refractivity contribution in [2.75, 3.05) is 18.0 Å². The normalized spacial score (nSPS) is 17.5. The van der Waals surface area contributed by atoms with E-state index in [-0.39, 0.29) is 11.8 Å². The Labute approximate surface area is 144 Å². The smallest absolute Gasteiger partial charge is 0.222 e. The van der Waals surface area contributed by atoms with E-state index in [1.54, 1.807) is 17.7 Å². The van der Waals surface area contributed by atoms with Crippen LogP contribution in [0.5, 0.6) is 0 Å². The third-order valence-corrected chi connectivity index (χ3v) is 5.49. The first kappa shape index (κ1) is 15.1. The zero-order valence-electron chi connectivity index (χ0n) is 13.4. The largest absolute Gasteiger partial charge is 0.369 e. The number of anilines is 1. The van der Waals surface area contributed by atoms with E-state index in [9.17, 15) is 4.79 Å². The topological polar surface area (TPSA) is 72.1 Å². The number of thiophene rings is 1. The number of fused-ring (bicyclic) bond motifs is 1. The summed E-state index contributed by atoms with van der Waals surface area (Å²) in [7, 11) is 0. The lowest BCUT2D eigenvalue weighted by molar-refractivity contribution is -0.121. The van der Waals surface area contributed by atoms with Crippen molar-refractivity contribution in [3.05, 3.63) is 41.5 Å². The summed E-state index contributed by atoms with van der Waals surface area (Å²) in [6.07, 6.45) is 2.38. The molecule has 3 aromatic rings. The van der Waals surface area contributed by atoms with Crippen molar-refractivity contribution in [2.45, 2.75) is 13.3 Å². The fourth-order valence-corrected chi connectivity index (χ4v) is 4.14. The van der Waals surface area contributed by atoms with Crippen LogP contribution in [0.1, 0.15) is 12.0 Å². The SMILES string of the molecule is Cc1ccc(-c2csc3ncnc(N4CC[C@H](C(N)=O)C4)c23)cc1. The summed E-state index contributed by atoms with van der Waals surface area (Å²) < 4.78 is 0. The number of benzene rings is 1. The number of nitrogens with two attached hydrogens (primary N) is 1. The minimum absolute atomic E-state index is 0.100. The second-order valence-electron chi connectivity index (χ2n) is 6.23. The van der Waals surface area contributed by atoms with Gasteiger partial charge >= 0.3 is 0 Å². The average Bonchev–Trinajstić information content (AvgIpc) is 3.22. The van der Waals surface area contributed by atoms with Gasteiger partial charge < -0.3 is 10.6 Å². The highest BCUT2D eigenvalue weighted by molar-refractivity contribution is 7.17. The Morgan fingerprint density at radius 3 is 2.79 bits per heavy atom. The molecule has 2 aromatic heterocycles. The van der Waals surface area contributed by atoms with Crippen molar-refractivity contribution < 1.29 is 4.79 Å². The van der Waals surface area contributed by atoms with Crippen LogP contribution in [-0.2, 0) is 4.79 Å². The molecule has 0 bridgehead atoms. The van der Waals surface area contributed by atoms with Gasteiger partial charge in [-0.25, -0.2) is 9.97 Å². The van der Waals surface area contributed by atoms with Gasteiger partial charge in [0.1, 0.15) is 17.0 Å². The molecular formula is C18H18N4OS. The van der Waals surface area contributed by atoms with Gasteiger partial charge in [0.2, 0.25) is 5.91 Å². The van der Waals surface area contributed by atoms with Gasteiger partial charge in [-0.3, -0.25) is 4.79 Å². The molecule has 1 fully saturated rings. The summed E-state index contributed by atoms with van der Waals surface area (Å²) in [6, 6.07) is 8.48. The highest BCUT2D eigenvalue weighted by Gasteiger charge is 2.29. The van der Waals surface area contributed by atoms with Crippen molar-refractivity contribution in [1.82, 2.24) is 9.97 Å². The zero-order chi connectivity index (χ0) is 16.7. The van der Waals surface area contributed by atoms with Crippen LogP contribution < -0.4 is 10.6 Å². The van der Waals surface area contributed by atoms with Crippen LogP contribution in [0.2, 0.25) is 0 Å². The van der Waals surface area contributed by atoms with E-state index in [4.69, 9.17) is 5.73 Å². The Morgan fingerprint density at radius 2 is 2.08 bits per heavy atom. The fraction of sp³-hybridized carbons (Fsp3) is 0.278. The van der Waals surface area contributed by atoms with E-state index >= 15 is 0 Å². The molecule has 5 nitrogen and oxygen atoms in total. The zero-order valence-corrected chi connectivity index (χ0v) is 14.2.